The molecule has 23 heavy (non-hydrogen) atoms. The van der Waals surface area contributed by atoms with Crippen LogP contribution in [0.4, 0.5) is 5.69 Å². The number of fused-ring (bicyclic) bond motifs is 1. The van der Waals surface area contributed by atoms with Crippen LogP contribution in [-0.4, -0.2) is 13.4 Å². The molecule has 0 aliphatic rings. The maximum Gasteiger partial charge on any atom is 0.417 e. The van der Waals surface area contributed by atoms with Crippen molar-refractivity contribution in [3.8, 4) is 0 Å². The van der Waals surface area contributed by atoms with Gasteiger partial charge in [-0.3, -0.25) is 9.71 Å². The monoisotopic (exact) mass is 392 g/mol. The zero-order valence-electron chi connectivity index (χ0n) is 11.1. The molecule has 0 unspecified atom stereocenters. The molecule has 0 saturated carbocycles. The summed E-state index contributed by atoms with van der Waals surface area (Å²) in [7, 11) is -4.02. The molecular formula is C13H7Cl3N2O4S. The quantitative estimate of drug-likeness (QED) is 0.706. The van der Waals surface area contributed by atoms with Gasteiger partial charge in [0.25, 0.3) is 10.0 Å². The number of hydrogen-bond acceptors (Lipinski definition) is 4. The summed E-state index contributed by atoms with van der Waals surface area (Å²) >= 11 is 17.6. The van der Waals surface area contributed by atoms with E-state index >= 15 is 0 Å². The summed E-state index contributed by atoms with van der Waals surface area (Å²) in [5.41, 5.74) is 0.591. The van der Waals surface area contributed by atoms with E-state index in [0.717, 1.165) is 6.07 Å². The summed E-state index contributed by atoms with van der Waals surface area (Å²) in [5.74, 6) is -0.706. The van der Waals surface area contributed by atoms with Crippen LogP contribution in [0.5, 0.6) is 0 Å². The molecule has 0 amide bonds. The standard InChI is InChI=1S/C13H7Cl3N2O4S/c14-7-2-1-6(3-8(7)15)18-23(20,21)12-5-11-10(4-9(12)16)17-13(19)22-11/h1-5,18H,(H,17,19). The van der Waals surface area contributed by atoms with Crippen LogP contribution in [0.25, 0.3) is 11.1 Å². The van der Waals surface area contributed by atoms with Gasteiger partial charge in [0.15, 0.2) is 5.58 Å². The van der Waals surface area contributed by atoms with Crippen LogP contribution in [0.1, 0.15) is 0 Å². The first-order chi connectivity index (χ1) is 10.8. The van der Waals surface area contributed by atoms with Crippen molar-refractivity contribution in [2.45, 2.75) is 4.90 Å². The molecule has 3 aromatic rings. The summed E-state index contributed by atoms with van der Waals surface area (Å²) in [6.45, 7) is 0. The van der Waals surface area contributed by atoms with Crippen molar-refractivity contribution >= 4 is 61.6 Å². The minimum Gasteiger partial charge on any atom is -0.408 e. The number of rotatable bonds is 3. The molecule has 10 heteroatoms. The highest BCUT2D eigenvalue weighted by Crippen LogP contribution is 2.30. The van der Waals surface area contributed by atoms with Crippen LogP contribution in [0, 0.1) is 0 Å². The smallest absolute Gasteiger partial charge is 0.408 e. The van der Waals surface area contributed by atoms with E-state index in [-0.39, 0.29) is 26.2 Å². The van der Waals surface area contributed by atoms with Crippen molar-refractivity contribution in [1.29, 1.82) is 0 Å². The Morgan fingerprint density at radius 2 is 1.74 bits per heavy atom. The van der Waals surface area contributed by atoms with Gasteiger partial charge in [0.2, 0.25) is 0 Å². The molecule has 120 valence electrons. The number of aromatic amines is 1. The Hall–Kier alpha value is -1.67. The Bertz CT molecular complexity index is 1070. The third-order valence-corrected chi connectivity index (χ3v) is 5.52. The first kappa shape index (κ1) is 16.2. The van der Waals surface area contributed by atoms with E-state index in [2.05, 4.69) is 9.71 Å². The fourth-order valence-corrected chi connectivity index (χ4v) is 3.82. The third-order valence-electron chi connectivity index (χ3n) is 2.93. The van der Waals surface area contributed by atoms with Crippen molar-refractivity contribution in [2.24, 2.45) is 0 Å². The van der Waals surface area contributed by atoms with Crippen LogP contribution in [0.3, 0.4) is 0 Å². The average Bonchev–Trinajstić information content (AvgIpc) is 2.80. The number of sulfonamides is 1. The summed E-state index contributed by atoms with van der Waals surface area (Å²) < 4.78 is 32.1. The highest BCUT2D eigenvalue weighted by Gasteiger charge is 2.21. The van der Waals surface area contributed by atoms with Crippen molar-refractivity contribution in [3.63, 3.8) is 0 Å². The van der Waals surface area contributed by atoms with Crippen molar-refractivity contribution in [2.75, 3.05) is 4.72 Å². The molecular weight excluding hydrogens is 387 g/mol. The second kappa shape index (κ2) is 5.76. The van der Waals surface area contributed by atoms with E-state index in [9.17, 15) is 13.2 Å². The molecule has 3 rings (SSSR count). The highest BCUT2D eigenvalue weighted by atomic mass is 35.5. The normalized spacial score (nSPS) is 11.8. The van der Waals surface area contributed by atoms with Crippen LogP contribution in [0.2, 0.25) is 15.1 Å². The fourth-order valence-electron chi connectivity index (χ4n) is 1.93. The molecule has 0 aliphatic carbocycles. The molecule has 0 atom stereocenters. The fraction of sp³-hybridized carbons (Fsp3) is 0. The zero-order valence-corrected chi connectivity index (χ0v) is 14.1. The summed E-state index contributed by atoms with van der Waals surface area (Å²) in [5, 5.41) is 0.426. The van der Waals surface area contributed by atoms with Gasteiger partial charge >= 0.3 is 5.76 Å². The van der Waals surface area contributed by atoms with Gasteiger partial charge in [0.05, 0.1) is 26.3 Å². The molecule has 0 fully saturated rings. The van der Waals surface area contributed by atoms with Gasteiger partial charge in [-0.1, -0.05) is 34.8 Å². The van der Waals surface area contributed by atoms with Gasteiger partial charge in [-0.05, 0) is 24.3 Å². The van der Waals surface area contributed by atoms with Crippen LogP contribution in [0.15, 0.2) is 44.4 Å². The Kier molecular flexibility index (Phi) is 4.05. The van der Waals surface area contributed by atoms with E-state index in [0.29, 0.717) is 10.5 Å². The Morgan fingerprint density at radius 1 is 1.00 bits per heavy atom. The molecule has 0 aliphatic heterocycles. The lowest BCUT2D eigenvalue weighted by Crippen LogP contribution is -2.13. The maximum absolute atomic E-state index is 12.5. The lowest BCUT2D eigenvalue weighted by molar-refractivity contribution is 0.554. The predicted octanol–water partition coefficient (Wildman–Crippen LogP) is 3.88. The number of H-pyrrole nitrogens is 1. The van der Waals surface area contributed by atoms with Gasteiger partial charge < -0.3 is 4.42 Å². The predicted molar refractivity (Wildman–Crippen MR) is 89.1 cm³/mol. The molecule has 0 saturated heterocycles. The number of halogens is 3. The first-order valence-corrected chi connectivity index (χ1v) is 8.68. The Labute approximate surface area is 145 Å². The number of anilines is 1. The molecule has 2 aromatic carbocycles. The summed E-state index contributed by atoms with van der Waals surface area (Å²) in [6.07, 6.45) is 0. The highest BCUT2D eigenvalue weighted by molar-refractivity contribution is 7.92. The largest absolute Gasteiger partial charge is 0.417 e. The van der Waals surface area contributed by atoms with Gasteiger partial charge in [-0.15, -0.1) is 0 Å². The van der Waals surface area contributed by atoms with Crippen LogP contribution >= 0.6 is 34.8 Å². The Balaban J connectivity index is 2.06. The summed E-state index contributed by atoms with van der Waals surface area (Å²) in [6, 6.07) is 6.73. The zero-order chi connectivity index (χ0) is 16.8. The molecule has 2 N–H and O–H groups in total. The van der Waals surface area contributed by atoms with E-state index in [1.54, 1.807) is 0 Å². The molecule has 0 radical (unpaired) electrons. The van der Waals surface area contributed by atoms with Crippen LogP contribution in [-0.2, 0) is 10.0 Å². The van der Waals surface area contributed by atoms with Crippen molar-refractivity contribution in [3.05, 3.63) is 56.0 Å². The minimum absolute atomic E-state index is 0.0675. The van der Waals surface area contributed by atoms with E-state index < -0.39 is 15.8 Å². The second-order valence-corrected chi connectivity index (χ2v) is 7.40. The van der Waals surface area contributed by atoms with Crippen molar-refractivity contribution in [1.82, 2.24) is 4.98 Å². The first-order valence-electron chi connectivity index (χ1n) is 6.06. The van der Waals surface area contributed by atoms with Crippen molar-refractivity contribution < 1.29 is 12.8 Å². The van der Waals surface area contributed by atoms with Gasteiger partial charge in [-0.25, -0.2) is 13.2 Å². The number of oxazole rings is 1. The third kappa shape index (κ3) is 3.18. The molecule has 6 nitrogen and oxygen atoms in total. The topological polar surface area (TPSA) is 92.2 Å². The van der Waals surface area contributed by atoms with E-state index in [1.807, 2.05) is 0 Å². The lowest BCUT2D eigenvalue weighted by Gasteiger charge is -2.10. The SMILES string of the molecule is O=c1[nH]c2cc(Cl)c(S(=O)(=O)Nc3ccc(Cl)c(Cl)c3)cc2o1. The van der Waals surface area contributed by atoms with Crippen LogP contribution < -0.4 is 10.5 Å². The Morgan fingerprint density at radius 3 is 2.43 bits per heavy atom. The number of aromatic nitrogens is 1. The number of benzene rings is 2. The summed E-state index contributed by atoms with van der Waals surface area (Å²) in [4.78, 5) is 13.3. The lowest BCUT2D eigenvalue weighted by atomic mass is 10.3. The van der Waals surface area contributed by atoms with Gasteiger partial charge in [-0.2, -0.15) is 0 Å². The average molecular weight is 394 g/mol. The van der Waals surface area contributed by atoms with E-state index in [4.69, 9.17) is 39.2 Å². The minimum atomic E-state index is -4.02. The molecule has 1 aromatic heterocycles. The maximum atomic E-state index is 12.5. The molecule has 0 spiro atoms. The number of hydrogen-bond donors (Lipinski definition) is 2. The van der Waals surface area contributed by atoms with Gasteiger partial charge in [0, 0.05) is 6.07 Å². The van der Waals surface area contributed by atoms with E-state index in [1.165, 1.54) is 24.3 Å². The molecule has 1 heterocycles. The number of nitrogens with one attached hydrogen (secondary N) is 2. The van der Waals surface area contributed by atoms with Gasteiger partial charge in [0.1, 0.15) is 4.90 Å². The molecule has 0 bridgehead atoms. The second-order valence-electron chi connectivity index (χ2n) is 4.53.